The molecule has 0 aromatic rings. The van der Waals surface area contributed by atoms with E-state index in [2.05, 4.69) is 18.6 Å². The number of ether oxygens (including phenoxy) is 1. The highest BCUT2D eigenvalue weighted by atomic mass is 16.5. The van der Waals surface area contributed by atoms with Crippen LogP contribution in [0.3, 0.4) is 0 Å². The summed E-state index contributed by atoms with van der Waals surface area (Å²) in [5.41, 5.74) is 0. The largest absolute Gasteiger partial charge is 0.453 e. The number of methoxy groups -OCH3 is 1. The van der Waals surface area contributed by atoms with Crippen LogP contribution in [0.5, 0.6) is 0 Å². The smallest absolute Gasteiger partial charge is 0.409 e. The maximum Gasteiger partial charge on any atom is 0.409 e. The van der Waals surface area contributed by atoms with Crippen LogP contribution >= 0.6 is 0 Å². The van der Waals surface area contributed by atoms with Crippen molar-refractivity contribution in [3.63, 3.8) is 0 Å². The van der Waals surface area contributed by atoms with Crippen LogP contribution in [0.4, 0.5) is 4.79 Å². The molecule has 0 aromatic carbocycles. The molecular formula is C8H15NO2. The zero-order chi connectivity index (χ0) is 8.43. The summed E-state index contributed by atoms with van der Waals surface area (Å²) >= 11 is 0. The van der Waals surface area contributed by atoms with Gasteiger partial charge in [-0.3, -0.25) is 0 Å². The van der Waals surface area contributed by atoms with Gasteiger partial charge in [-0.25, -0.2) is 4.79 Å². The summed E-state index contributed by atoms with van der Waals surface area (Å²) in [5, 5.41) is 0. The van der Waals surface area contributed by atoms with Crippen molar-refractivity contribution in [2.75, 3.05) is 13.7 Å². The Morgan fingerprint density at radius 1 is 1.55 bits per heavy atom. The molecule has 0 spiro atoms. The summed E-state index contributed by atoms with van der Waals surface area (Å²) in [6.07, 6.45) is 0.900. The average Bonchev–Trinajstić information content (AvgIpc) is 2.28. The Morgan fingerprint density at radius 3 is 2.55 bits per heavy atom. The Bertz CT molecular complexity index is 158. The zero-order valence-corrected chi connectivity index (χ0v) is 7.33. The molecule has 1 heterocycles. The lowest BCUT2D eigenvalue weighted by atomic mass is 10.1. The predicted octanol–water partition coefficient (Wildman–Crippen LogP) is 1.48. The van der Waals surface area contributed by atoms with Gasteiger partial charge >= 0.3 is 6.09 Å². The molecule has 0 aromatic heterocycles. The first-order valence-corrected chi connectivity index (χ1v) is 3.99. The van der Waals surface area contributed by atoms with E-state index >= 15 is 0 Å². The third kappa shape index (κ3) is 1.64. The lowest BCUT2D eigenvalue weighted by molar-refractivity contribution is 0.121. The Kier molecular flexibility index (Phi) is 2.37. The second-order valence-electron chi connectivity index (χ2n) is 3.31. The van der Waals surface area contributed by atoms with Gasteiger partial charge in [-0.2, -0.15) is 0 Å². The summed E-state index contributed by atoms with van der Waals surface area (Å²) in [5.74, 6) is 0.615. The minimum absolute atomic E-state index is 0.193. The van der Waals surface area contributed by atoms with Crippen molar-refractivity contribution in [3.8, 4) is 0 Å². The first-order valence-electron chi connectivity index (χ1n) is 3.99. The molecule has 1 rings (SSSR count). The van der Waals surface area contributed by atoms with E-state index in [9.17, 15) is 4.79 Å². The molecule has 3 heteroatoms. The number of hydrogen-bond donors (Lipinski definition) is 0. The zero-order valence-electron chi connectivity index (χ0n) is 7.33. The Labute approximate surface area is 67.3 Å². The number of amides is 1. The highest BCUT2D eigenvalue weighted by Crippen LogP contribution is 2.22. The Hall–Kier alpha value is -0.730. The van der Waals surface area contributed by atoms with Crippen LogP contribution in [-0.2, 0) is 4.74 Å². The van der Waals surface area contributed by atoms with E-state index in [1.807, 2.05) is 0 Å². The third-order valence-electron chi connectivity index (χ3n) is 2.19. The van der Waals surface area contributed by atoms with Crippen molar-refractivity contribution < 1.29 is 9.53 Å². The fourth-order valence-corrected chi connectivity index (χ4v) is 1.67. The normalized spacial score (nSPS) is 30.6. The van der Waals surface area contributed by atoms with Gasteiger partial charge in [0, 0.05) is 12.6 Å². The van der Waals surface area contributed by atoms with Crippen LogP contribution in [0.1, 0.15) is 20.3 Å². The van der Waals surface area contributed by atoms with E-state index in [1.54, 1.807) is 4.90 Å². The fraction of sp³-hybridized carbons (Fsp3) is 0.875. The molecule has 1 aliphatic rings. The van der Waals surface area contributed by atoms with Crippen LogP contribution in [0.25, 0.3) is 0 Å². The molecule has 2 unspecified atom stereocenters. The monoisotopic (exact) mass is 157 g/mol. The van der Waals surface area contributed by atoms with Crippen molar-refractivity contribution in [3.05, 3.63) is 0 Å². The number of hydrogen-bond acceptors (Lipinski definition) is 2. The number of rotatable bonds is 0. The van der Waals surface area contributed by atoms with Gasteiger partial charge in [0.15, 0.2) is 0 Å². The topological polar surface area (TPSA) is 29.5 Å². The number of nitrogens with zero attached hydrogens (tertiary/aromatic N) is 1. The summed E-state index contributed by atoms with van der Waals surface area (Å²) in [4.78, 5) is 12.9. The predicted molar refractivity (Wildman–Crippen MR) is 42.4 cm³/mol. The molecular weight excluding hydrogens is 142 g/mol. The first-order chi connectivity index (χ1) is 5.15. The van der Waals surface area contributed by atoms with Gasteiger partial charge in [-0.1, -0.05) is 6.92 Å². The number of carbonyl (C=O) groups excluding carboxylic acids is 1. The van der Waals surface area contributed by atoms with Gasteiger partial charge in [-0.15, -0.1) is 0 Å². The molecule has 1 amide bonds. The fourth-order valence-electron chi connectivity index (χ4n) is 1.67. The molecule has 0 saturated carbocycles. The molecule has 0 radical (unpaired) electrons. The van der Waals surface area contributed by atoms with E-state index in [-0.39, 0.29) is 6.09 Å². The van der Waals surface area contributed by atoms with Crippen LogP contribution in [0.15, 0.2) is 0 Å². The van der Waals surface area contributed by atoms with Crippen molar-refractivity contribution in [1.29, 1.82) is 0 Å². The van der Waals surface area contributed by atoms with Crippen molar-refractivity contribution in [2.45, 2.75) is 26.3 Å². The van der Waals surface area contributed by atoms with Crippen LogP contribution < -0.4 is 0 Å². The average molecular weight is 157 g/mol. The summed E-state index contributed by atoms with van der Waals surface area (Å²) in [6, 6.07) is 0.345. The van der Waals surface area contributed by atoms with Gasteiger partial charge in [0.1, 0.15) is 0 Å². The van der Waals surface area contributed by atoms with Crippen molar-refractivity contribution in [1.82, 2.24) is 4.90 Å². The molecule has 0 bridgehead atoms. The van der Waals surface area contributed by atoms with Gasteiger partial charge in [0.2, 0.25) is 0 Å². The SMILES string of the molecule is COC(=O)N1CC(C)CC1C. The number of likely N-dealkylation sites (tertiary alicyclic amines) is 1. The van der Waals surface area contributed by atoms with Gasteiger partial charge < -0.3 is 9.64 Å². The first kappa shape index (κ1) is 8.37. The summed E-state index contributed by atoms with van der Waals surface area (Å²) in [7, 11) is 1.43. The second-order valence-corrected chi connectivity index (χ2v) is 3.31. The molecule has 11 heavy (non-hydrogen) atoms. The molecule has 1 aliphatic heterocycles. The van der Waals surface area contributed by atoms with Gasteiger partial charge in [-0.05, 0) is 19.3 Å². The molecule has 1 fully saturated rings. The van der Waals surface area contributed by atoms with Gasteiger partial charge in [0.25, 0.3) is 0 Å². The third-order valence-corrected chi connectivity index (χ3v) is 2.19. The molecule has 0 N–H and O–H groups in total. The Morgan fingerprint density at radius 2 is 2.18 bits per heavy atom. The lowest BCUT2D eigenvalue weighted by Gasteiger charge is -2.18. The van der Waals surface area contributed by atoms with Crippen LogP contribution in [-0.4, -0.2) is 30.7 Å². The van der Waals surface area contributed by atoms with Gasteiger partial charge in [0.05, 0.1) is 7.11 Å². The highest BCUT2D eigenvalue weighted by molar-refractivity contribution is 5.68. The van der Waals surface area contributed by atoms with E-state index in [0.717, 1.165) is 13.0 Å². The quantitative estimate of drug-likeness (QED) is 0.533. The summed E-state index contributed by atoms with van der Waals surface area (Å²) in [6.45, 7) is 5.05. The van der Waals surface area contributed by atoms with E-state index in [4.69, 9.17) is 0 Å². The maximum absolute atomic E-state index is 11.1. The van der Waals surface area contributed by atoms with E-state index in [0.29, 0.717) is 12.0 Å². The Balaban J connectivity index is 2.52. The molecule has 3 nitrogen and oxygen atoms in total. The lowest BCUT2D eigenvalue weighted by Crippen LogP contribution is -2.33. The molecule has 1 saturated heterocycles. The van der Waals surface area contributed by atoms with Crippen LogP contribution in [0.2, 0.25) is 0 Å². The molecule has 2 atom stereocenters. The van der Waals surface area contributed by atoms with Crippen molar-refractivity contribution in [2.24, 2.45) is 5.92 Å². The van der Waals surface area contributed by atoms with Crippen molar-refractivity contribution >= 4 is 6.09 Å². The van der Waals surface area contributed by atoms with Crippen LogP contribution in [0, 0.1) is 5.92 Å². The molecule has 0 aliphatic carbocycles. The standard InChI is InChI=1S/C8H15NO2/c1-6-4-7(2)9(5-6)8(10)11-3/h6-7H,4-5H2,1-3H3. The van der Waals surface area contributed by atoms with E-state index in [1.165, 1.54) is 7.11 Å². The minimum Gasteiger partial charge on any atom is -0.453 e. The maximum atomic E-state index is 11.1. The number of carbonyl (C=O) groups is 1. The summed E-state index contributed by atoms with van der Waals surface area (Å²) < 4.78 is 4.64. The minimum atomic E-state index is -0.193. The van der Waals surface area contributed by atoms with E-state index < -0.39 is 0 Å². The highest BCUT2D eigenvalue weighted by Gasteiger charge is 2.30. The second kappa shape index (κ2) is 3.11. The molecule has 64 valence electrons.